The lowest BCUT2D eigenvalue weighted by molar-refractivity contribution is -0.146. The lowest BCUT2D eigenvalue weighted by Crippen LogP contribution is -2.44. The van der Waals surface area contributed by atoms with Crippen LogP contribution in [0.2, 0.25) is 0 Å². The van der Waals surface area contributed by atoms with Crippen molar-refractivity contribution >= 4 is 52.2 Å². The zero-order chi connectivity index (χ0) is 17.9. The van der Waals surface area contributed by atoms with Gasteiger partial charge in [-0.25, -0.2) is 9.18 Å². The molecular weight excluding hydrogens is 357 g/mol. The van der Waals surface area contributed by atoms with Crippen LogP contribution >= 0.6 is 24.0 Å². The lowest BCUT2D eigenvalue weighted by Gasteiger charge is -2.22. The van der Waals surface area contributed by atoms with Crippen molar-refractivity contribution in [1.29, 1.82) is 0 Å². The van der Waals surface area contributed by atoms with E-state index in [1.807, 2.05) is 0 Å². The SMILES string of the molecule is O=C(O)CCC(C(=O)O)N1C(=O)C(=Cc2ccc(F)cc2)SC1=S. The van der Waals surface area contributed by atoms with Crippen LogP contribution in [-0.4, -0.2) is 43.3 Å². The van der Waals surface area contributed by atoms with Crippen LogP contribution in [0.3, 0.4) is 0 Å². The number of thiocarbonyl (C=S) groups is 1. The quantitative estimate of drug-likeness (QED) is 0.587. The molecule has 1 heterocycles. The number of carboxylic acid groups (broad SMARTS) is 2. The van der Waals surface area contributed by atoms with Crippen molar-refractivity contribution < 1.29 is 29.0 Å². The molecule has 0 saturated carbocycles. The maximum atomic E-state index is 12.9. The van der Waals surface area contributed by atoms with Gasteiger partial charge in [0.25, 0.3) is 5.91 Å². The maximum absolute atomic E-state index is 12.9. The first kappa shape index (κ1) is 18.1. The molecule has 0 bridgehead atoms. The van der Waals surface area contributed by atoms with E-state index in [0.717, 1.165) is 16.7 Å². The third-order valence-electron chi connectivity index (χ3n) is 3.22. The molecule has 1 fully saturated rings. The number of rotatable bonds is 6. The first-order valence-corrected chi connectivity index (χ1v) is 7.99. The summed E-state index contributed by atoms with van der Waals surface area (Å²) >= 11 is 5.99. The smallest absolute Gasteiger partial charge is 0.326 e. The number of amides is 1. The molecule has 24 heavy (non-hydrogen) atoms. The van der Waals surface area contributed by atoms with Gasteiger partial charge in [-0.3, -0.25) is 14.5 Å². The minimum absolute atomic E-state index is 0.0474. The van der Waals surface area contributed by atoms with Crippen molar-refractivity contribution in [2.24, 2.45) is 0 Å². The van der Waals surface area contributed by atoms with Crippen LogP contribution in [0.25, 0.3) is 6.08 Å². The number of nitrogens with zero attached hydrogens (tertiary/aromatic N) is 1. The highest BCUT2D eigenvalue weighted by Gasteiger charge is 2.40. The largest absolute Gasteiger partial charge is 0.481 e. The molecule has 2 rings (SSSR count). The normalized spacial score (nSPS) is 17.4. The lowest BCUT2D eigenvalue weighted by atomic mass is 10.1. The fourth-order valence-electron chi connectivity index (χ4n) is 2.08. The number of thioether (sulfide) groups is 1. The number of hydrogen-bond donors (Lipinski definition) is 2. The summed E-state index contributed by atoms with van der Waals surface area (Å²) in [6.45, 7) is 0. The number of carbonyl (C=O) groups is 3. The molecule has 1 aromatic rings. The van der Waals surface area contributed by atoms with Crippen molar-refractivity contribution in [3.63, 3.8) is 0 Å². The van der Waals surface area contributed by atoms with Crippen molar-refractivity contribution in [2.75, 3.05) is 0 Å². The van der Waals surface area contributed by atoms with Gasteiger partial charge in [-0.05, 0) is 30.2 Å². The van der Waals surface area contributed by atoms with E-state index in [4.69, 9.17) is 17.3 Å². The van der Waals surface area contributed by atoms with E-state index in [1.54, 1.807) is 0 Å². The monoisotopic (exact) mass is 369 g/mol. The third-order valence-corrected chi connectivity index (χ3v) is 4.55. The average molecular weight is 369 g/mol. The highest BCUT2D eigenvalue weighted by molar-refractivity contribution is 8.26. The third kappa shape index (κ3) is 4.18. The summed E-state index contributed by atoms with van der Waals surface area (Å²) in [4.78, 5) is 35.6. The molecule has 1 saturated heterocycles. The van der Waals surface area contributed by atoms with E-state index in [0.29, 0.717) is 5.56 Å². The Hall–Kier alpha value is -2.26. The topological polar surface area (TPSA) is 94.9 Å². The van der Waals surface area contributed by atoms with Crippen LogP contribution in [0.1, 0.15) is 18.4 Å². The molecule has 2 N–H and O–H groups in total. The van der Waals surface area contributed by atoms with Crippen LogP contribution in [0.5, 0.6) is 0 Å². The predicted molar refractivity (Wildman–Crippen MR) is 89.7 cm³/mol. The van der Waals surface area contributed by atoms with E-state index >= 15 is 0 Å². The Morgan fingerprint density at radius 3 is 2.46 bits per heavy atom. The first-order valence-electron chi connectivity index (χ1n) is 6.77. The summed E-state index contributed by atoms with van der Waals surface area (Å²) in [5.41, 5.74) is 0.564. The molecule has 1 aliphatic rings. The molecule has 6 nitrogen and oxygen atoms in total. The fraction of sp³-hybridized carbons (Fsp3) is 0.200. The number of carbonyl (C=O) groups excluding carboxylic acids is 1. The Morgan fingerprint density at radius 1 is 1.29 bits per heavy atom. The highest BCUT2D eigenvalue weighted by atomic mass is 32.2. The van der Waals surface area contributed by atoms with Gasteiger partial charge in [-0.1, -0.05) is 36.1 Å². The number of hydrogen-bond acceptors (Lipinski definition) is 5. The second-order valence-corrected chi connectivity index (χ2v) is 6.57. The van der Waals surface area contributed by atoms with Crippen LogP contribution in [0.15, 0.2) is 29.2 Å². The molecule has 126 valence electrons. The molecule has 9 heteroatoms. The van der Waals surface area contributed by atoms with Gasteiger partial charge in [0, 0.05) is 6.42 Å². The zero-order valence-electron chi connectivity index (χ0n) is 12.1. The van der Waals surface area contributed by atoms with Gasteiger partial charge in [0.2, 0.25) is 0 Å². The second kappa shape index (κ2) is 7.54. The molecule has 1 aliphatic heterocycles. The highest BCUT2D eigenvalue weighted by Crippen LogP contribution is 2.34. The Bertz CT molecular complexity index is 732. The molecule has 1 amide bonds. The van der Waals surface area contributed by atoms with E-state index in [2.05, 4.69) is 0 Å². The van der Waals surface area contributed by atoms with Crippen LogP contribution in [0, 0.1) is 5.82 Å². The van der Waals surface area contributed by atoms with Crippen molar-refractivity contribution in [2.45, 2.75) is 18.9 Å². The Morgan fingerprint density at radius 2 is 1.92 bits per heavy atom. The standard InChI is InChI=1S/C15H12FNO5S2/c16-9-3-1-8(2-4-9)7-11-13(20)17(15(23)24-11)10(14(21)22)5-6-12(18)19/h1-4,7,10H,5-6H2,(H,18,19)(H,21,22). The summed E-state index contributed by atoms with van der Waals surface area (Å²) in [5.74, 6) is -3.50. The number of benzene rings is 1. The molecule has 0 aliphatic carbocycles. The van der Waals surface area contributed by atoms with Gasteiger partial charge in [-0.15, -0.1) is 0 Å². The van der Waals surface area contributed by atoms with Crippen molar-refractivity contribution in [1.82, 2.24) is 4.90 Å². The molecule has 0 radical (unpaired) electrons. The maximum Gasteiger partial charge on any atom is 0.326 e. The average Bonchev–Trinajstić information content (AvgIpc) is 2.77. The van der Waals surface area contributed by atoms with Crippen LogP contribution < -0.4 is 0 Å². The minimum atomic E-state index is -1.34. The Balaban J connectivity index is 2.24. The summed E-state index contributed by atoms with van der Waals surface area (Å²) in [7, 11) is 0. The summed E-state index contributed by atoms with van der Waals surface area (Å²) < 4.78 is 13.0. The molecule has 1 unspecified atom stereocenters. The van der Waals surface area contributed by atoms with E-state index < -0.39 is 36.1 Å². The van der Waals surface area contributed by atoms with Crippen molar-refractivity contribution in [3.05, 3.63) is 40.6 Å². The number of carboxylic acids is 2. The first-order chi connectivity index (χ1) is 11.3. The minimum Gasteiger partial charge on any atom is -0.481 e. The summed E-state index contributed by atoms with van der Waals surface area (Å²) in [5, 5.41) is 18.0. The molecule has 0 aromatic heterocycles. The van der Waals surface area contributed by atoms with Gasteiger partial charge in [0.1, 0.15) is 16.2 Å². The number of aliphatic carboxylic acids is 2. The Kier molecular flexibility index (Phi) is 5.68. The second-order valence-electron chi connectivity index (χ2n) is 4.89. The van der Waals surface area contributed by atoms with E-state index in [1.165, 1.54) is 30.3 Å². The van der Waals surface area contributed by atoms with Gasteiger partial charge in [0.15, 0.2) is 0 Å². The van der Waals surface area contributed by atoms with Gasteiger partial charge in [-0.2, -0.15) is 0 Å². The fourth-order valence-corrected chi connectivity index (χ4v) is 3.44. The van der Waals surface area contributed by atoms with Gasteiger partial charge < -0.3 is 10.2 Å². The number of halogens is 1. The molecule has 0 spiro atoms. The molecule has 1 atom stereocenters. The van der Waals surface area contributed by atoms with E-state index in [-0.39, 0.29) is 15.6 Å². The summed E-state index contributed by atoms with van der Waals surface area (Å²) in [6, 6.07) is 4.08. The van der Waals surface area contributed by atoms with E-state index in [9.17, 15) is 23.9 Å². The molecular formula is C15H12FNO5S2. The van der Waals surface area contributed by atoms with Gasteiger partial charge in [0.05, 0.1) is 4.91 Å². The van der Waals surface area contributed by atoms with Crippen LogP contribution in [-0.2, 0) is 14.4 Å². The summed E-state index contributed by atoms with van der Waals surface area (Å²) in [6.07, 6.45) is 0.834. The predicted octanol–water partition coefficient (Wildman–Crippen LogP) is 2.34. The molecule has 1 aromatic carbocycles. The van der Waals surface area contributed by atoms with Crippen molar-refractivity contribution in [3.8, 4) is 0 Å². The zero-order valence-corrected chi connectivity index (χ0v) is 13.8. The Labute approximate surface area is 146 Å². The van der Waals surface area contributed by atoms with Gasteiger partial charge >= 0.3 is 11.9 Å². The van der Waals surface area contributed by atoms with Crippen LogP contribution in [0.4, 0.5) is 4.39 Å².